The number of rotatable bonds is 7. The van der Waals surface area contributed by atoms with Gasteiger partial charge in [0.15, 0.2) is 0 Å². The molecule has 0 rings (SSSR count). The van der Waals surface area contributed by atoms with Crippen LogP contribution in [0.1, 0.15) is 47.5 Å². The molecule has 0 radical (unpaired) electrons. The number of hydrogen-bond donors (Lipinski definition) is 3. The van der Waals surface area contributed by atoms with Gasteiger partial charge in [-0.05, 0) is 46.1 Å². The molecule has 0 saturated heterocycles. The van der Waals surface area contributed by atoms with Crippen LogP contribution in [0.3, 0.4) is 0 Å². The fourth-order valence-corrected chi connectivity index (χ4v) is 1.70. The van der Waals surface area contributed by atoms with Crippen molar-refractivity contribution in [3.05, 3.63) is 0 Å². The highest BCUT2D eigenvalue weighted by Gasteiger charge is 2.21. The number of hydrogen-bond acceptors (Lipinski definition) is 3. The van der Waals surface area contributed by atoms with Gasteiger partial charge in [-0.2, -0.15) is 0 Å². The fourth-order valence-electron chi connectivity index (χ4n) is 1.70. The second-order valence-electron chi connectivity index (χ2n) is 5.83. The van der Waals surface area contributed by atoms with Crippen molar-refractivity contribution in [1.82, 2.24) is 5.32 Å². The van der Waals surface area contributed by atoms with Crippen LogP contribution in [-0.2, 0) is 0 Å². The van der Waals surface area contributed by atoms with Crippen LogP contribution in [-0.4, -0.2) is 34.5 Å². The van der Waals surface area contributed by atoms with Gasteiger partial charge in [-0.1, -0.05) is 13.8 Å². The summed E-state index contributed by atoms with van der Waals surface area (Å²) in [5.74, 6) is 0.496. The molecule has 0 aromatic heterocycles. The third-order valence-electron chi connectivity index (χ3n) is 2.27. The van der Waals surface area contributed by atoms with Gasteiger partial charge in [-0.25, -0.2) is 0 Å². The van der Waals surface area contributed by atoms with Crippen LogP contribution < -0.4 is 5.32 Å². The topological polar surface area (TPSA) is 52.5 Å². The second-order valence-corrected chi connectivity index (χ2v) is 5.83. The smallest absolute Gasteiger partial charge is 0.0746 e. The van der Waals surface area contributed by atoms with Gasteiger partial charge in [-0.3, -0.25) is 0 Å². The van der Waals surface area contributed by atoms with Crippen LogP contribution in [0, 0.1) is 5.92 Å². The maximum Gasteiger partial charge on any atom is 0.0746 e. The number of aliphatic hydroxyl groups is 2. The van der Waals surface area contributed by atoms with Gasteiger partial charge in [0, 0.05) is 6.54 Å². The molecule has 1 unspecified atom stereocenters. The first-order valence-corrected chi connectivity index (χ1v) is 5.78. The van der Waals surface area contributed by atoms with Crippen molar-refractivity contribution in [2.45, 2.75) is 58.7 Å². The second kappa shape index (κ2) is 5.83. The van der Waals surface area contributed by atoms with Gasteiger partial charge in [0.05, 0.1) is 11.2 Å². The Morgan fingerprint density at radius 1 is 1.13 bits per heavy atom. The van der Waals surface area contributed by atoms with Crippen molar-refractivity contribution in [3.8, 4) is 0 Å². The molecule has 0 bridgehead atoms. The standard InChI is InChI=1S/C12H27NO2/c1-10(2)8-12(5,15)9-13-7-6-11(3,4)14/h10,13-15H,6-9H2,1-5H3. The van der Waals surface area contributed by atoms with Gasteiger partial charge in [-0.15, -0.1) is 0 Å². The zero-order chi connectivity index (χ0) is 12.1. The first kappa shape index (κ1) is 14.9. The van der Waals surface area contributed by atoms with Crippen molar-refractivity contribution >= 4 is 0 Å². The lowest BCUT2D eigenvalue weighted by molar-refractivity contribution is 0.0336. The van der Waals surface area contributed by atoms with Gasteiger partial charge in [0.25, 0.3) is 0 Å². The molecule has 0 heterocycles. The van der Waals surface area contributed by atoms with Crippen LogP contribution in [0.25, 0.3) is 0 Å². The van der Waals surface area contributed by atoms with Gasteiger partial charge >= 0.3 is 0 Å². The van der Waals surface area contributed by atoms with Crippen LogP contribution in [0.5, 0.6) is 0 Å². The Hall–Kier alpha value is -0.120. The highest BCUT2D eigenvalue weighted by molar-refractivity contribution is 4.77. The minimum atomic E-state index is -0.645. The Morgan fingerprint density at radius 3 is 2.07 bits per heavy atom. The molecule has 0 aliphatic carbocycles. The minimum Gasteiger partial charge on any atom is -0.390 e. The normalized spacial score (nSPS) is 16.8. The molecule has 0 saturated carbocycles. The molecule has 0 aromatic rings. The summed E-state index contributed by atoms with van der Waals surface area (Å²) >= 11 is 0. The van der Waals surface area contributed by atoms with E-state index in [1.165, 1.54) is 0 Å². The predicted octanol–water partition coefficient (Wildman–Crippen LogP) is 1.53. The van der Waals surface area contributed by atoms with Gasteiger partial charge in [0.1, 0.15) is 0 Å². The molecular formula is C12H27NO2. The first-order valence-electron chi connectivity index (χ1n) is 5.78. The van der Waals surface area contributed by atoms with E-state index < -0.39 is 11.2 Å². The summed E-state index contributed by atoms with van der Waals surface area (Å²) in [7, 11) is 0. The molecule has 0 aliphatic rings. The van der Waals surface area contributed by atoms with Crippen LogP contribution in [0.4, 0.5) is 0 Å². The van der Waals surface area contributed by atoms with Crippen molar-refractivity contribution in [2.75, 3.05) is 13.1 Å². The predicted molar refractivity (Wildman–Crippen MR) is 63.9 cm³/mol. The highest BCUT2D eigenvalue weighted by atomic mass is 16.3. The molecule has 0 aliphatic heterocycles. The monoisotopic (exact) mass is 217 g/mol. The van der Waals surface area contributed by atoms with Crippen LogP contribution in [0.15, 0.2) is 0 Å². The van der Waals surface area contributed by atoms with E-state index in [9.17, 15) is 10.2 Å². The summed E-state index contributed by atoms with van der Waals surface area (Å²) in [5, 5.41) is 22.7. The summed E-state index contributed by atoms with van der Waals surface area (Å²) in [6.07, 6.45) is 1.49. The largest absolute Gasteiger partial charge is 0.390 e. The molecule has 0 fully saturated rings. The van der Waals surface area contributed by atoms with E-state index >= 15 is 0 Å². The Balaban J connectivity index is 3.66. The zero-order valence-electron chi connectivity index (χ0n) is 10.8. The Labute approximate surface area is 93.9 Å². The fraction of sp³-hybridized carbons (Fsp3) is 1.00. The van der Waals surface area contributed by atoms with Crippen LogP contribution in [0.2, 0.25) is 0 Å². The minimum absolute atomic E-state index is 0.496. The van der Waals surface area contributed by atoms with E-state index in [0.29, 0.717) is 18.9 Å². The molecule has 3 N–H and O–H groups in total. The SMILES string of the molecule is CC(C)CC(C)(O)CNCCC(C)(C)O. The summed E-state index contributed by atoms with van der Waals surface area (Å²) < 4.78 is 0. The summed E-state index contributed by atoms with van der Waals surface area (Å²) in [5.41, 5.74) is -1.27. The third kappa shape index (κ3) is 10.2. The molecule has 0 spiro atoms. The van der Waals surface area contributed by atoms with Gasteiger partial charge in [0.2, 0.25) is 0 Å². The lowest BCUT2D eigenvalue weighted by atomic mass is 9.94. The average Bonchev–Trinajstić information content (AvgIpc) is 1.93. The van der Waals surface area contributed by atoms with Crippen molar-refractivity contribution in [2.24, 2.45) is 5.92 Å². The zero-order valence-corrected chi connectivity index (χ0v) is 10.8. The summed E-state index contributed by atoms with van der Waals surface area (Å²) in [6.45, 7) is 11.0. The molecular weight excluding hydrogens is 190 g/mol. The molecule has 0 aromatic carbocycles. The molecule has 1 atom stereocenters. The Bertz CT molecular complexity index is 171. The van der Waals surface area contributed by atoms with E-state index in [1.807, 2.05) is 6.92 Å². The molecule has 3 heteroatoms. The quantitative estimate of drug-likeness (QED) is 0.567. The summed E-state index contributed by atoms with van der Waals surface area (Å²) in [4.78, 5) is 0. The number of nitrogens with one attached hydrogen (secondary N) is 1. The van der Waals surface area contributed by atoms with Gasteiger partial charge < -0.3 is 15.5 Å². The van der Waals surface area contributed by atoms with E-state index in [2.05, 4.69) is 19.2 Å². The lowest BCUT2D eigenvalue weighted by Crippen LogP contribution is -2.40. The van der Waals surface area contributed by atoms with E-state index in [-0.39, 0.29) is 0 Å². The molecule has 3 nitrogen and oxygen atoms in total. The molecule has 0 amide bonds. The maximum atomic E-state index is 9.99. The van der Waals surface area contributed by atoms with E-state index in [1.54, 1.807) is 13.8 Å². The van der Waals surface area contributed by atoms with Crippen molar-refractivity contribution in [3.63, 3.8) is 0 Å². The van der Waals surface area contributed by atoms with Crippen molar-refractivity contribution in [1.29, 1.82) is 0 Å². The highest BCUT2D eigenvalue weighted by Crippen LogP contribution is 2.15. The van der Waals surface area contributed by atoms with E-state index in [4.69, 9.17) is 0 Å². The third-order valence-corrected chi connectivity index (χ3v) is 2.27. The molecule has 15 heavy (non-hydrogen) atoms. The van der Waals surface area contributed by atoms with E-state index in [0.717, 1.165) is 13.0 Å². The Morgan fingerprint density at radius 2 is 1.67 bits per heavy atom. The summed E-state index contributed by atoms with van der Waals surface area (Å²) in [6, 6.07) is 0. The van der Waals surface area contributed by atoms with Crippen LogP contribution >= 0.6 is 0 Å². The average molecular weight is 217 g/mol. The lowest BCUT2D eigenvalue weighted by Gasteiger charge is -2.26. The molecule has 92 valence electrons. The first-order chi connectivity index (χ1) is 6.62. The Kier molecular flexibility index (Phi) is 5.78. The van der Waals surface area contributed by atoms with Crippen molar-refractivity contribution < 1.29 is 10.2 Å². The maximum absolute atomic E-state index is 9.99.